The molecule has 0 amide bonds. The molecule has 4 aromatic carbocycles. The first-order valence-corrected chi connectivity index (χ1v) is 9.69. The van der Waals surface area contributed by atoms with Gasteiger partial charge in [-0.25, -0.2) is 13.8 Å². The molecule has 0 radical (unpaired) electrons. The normalized spacial score (nSPS) is 11.0. The average molecular weight is 393 g/mol. The van der Waals surface area contributed by atoms with Gasteiger partial charge in [0.25, 0.3) is 0 Å². The van der Waals surface area contributed by atoms with E-state index in [0.29, 0.717) is 5.56 Å². The molecule has 0 fully saturated rings. The number of aromatic nitrogens is 1. The minimum absolute atomic E-state index is 0.501. The first-order valence-electron chi connectivity index (χ1n) is 9.69. The van der Waals surface area contributed by atoms with Crippen LogP contribution >= 0.6 is 0 Å². The smallest absolute Gasteiger partial charge is 0.126 e. The van der Waals surface area contributed by atoms with Crippen LogP contribution in [-0.4, -0.2) is 4.98 Å². The Morgan fingerprint density at radius 2 is 1.13 bits per heavy atom. The van der Waals surface area contributed by atoms with Gasteiger partial charge in [-0.2, -0.15) is 0 Å². The molecule has 0 saturated heterocycles. The van der Waals surface area contributed by atoms with E-state index in [9.17, 15) is 8.78 Å². The van der Waals surface area contributed by atoms with Crippen molar-refractivity contribution in [3.05, 3.63) is 115 Å². The predicted molar refractivity (Wildman–Crippen MR) is 118 cm³/mol. The molecule has 0 N–H and O–H groups in total. The fraction of sp³-hybridized carbons (Fsp3) is 0. The summed E-state index contributed by atoms with van der Waals surface area (Å²) in [6.07, 6.45) is 0. The molecule has 1 nitrogen and oxygen atoms in total. The lowest BCUT2D eigenvalue weighted by molar-refractivity contribution is 0.584. The van der Waals surface area contributed by atoms with E-state index in [2.05, 4.69) is 18.2 Å². The lowest BCUT2D eigenvalue weighted by atomic mass is 9.95. The molecule has 0 aliphatic rings. The molecule has 144 valence electrons. The third-order valence-corrected chi connectivity index (χ3v) is 5.16. The van der Waals surface area contributed by atoms with Crippen LogP contribution in [0.2, 0.25) is 0 Å². The SMILES string of the molecule is Fc1cc(F)cc(-c2ccc3nc(-c4ccccc4)cc(-c4ccccc4)c3c2)c1. The highest BCUT2D eigenvalue weighted by molar-refractivity contribution is 5.99. The Kier molecular flexibility index (Phi) is 4.56. The second-order valence-electron chi connectivity index (χ2n) is 7.18. The Balaban J connectivity index is 1.77. The van der Waals surface area contributed by atoms with Crippen LogP contribution in [0.4, 0.5) is 8.78 Å². The third-order valence-electron chi connectivity index (χ3n) is 5.16. The summed E-state index contributed by atoms with van der Waals surface area (Å²) in [6, 6.07) is 31.5. The zero-order valence-corrected chi connectivity index (χ0v) is 16.0. The van der Waals surface area contributed by atoms with Crippen molar-refractivity contribution in [2.45, 2.75) is 0 Å². The first-order chi connectivity index (χ1) is 14.7. The second-order valence-corrected chi connectivity index (χ2v) is 7.18. The van der Waals surface area contributed by atoms with Gasteiger partial charge >= 0.3 is 0 Å². The fourth-order valence-electron chi connectivity index (χ4n) is 3.74. The van der Waals surface area contributed by atoms with Crippen LogP contribution in [0.15, 0.2) is 103 Å². The standard InChI is InChI=1S/C27H17F2N/c28-22-13-21(14-23(29)16-22)20-11-12-26-25(15-20)24(18-7-3-1-4-8-18)17-27(30-26)19-9-5-2-6-10-19/h1-17H. The monoisotopic (exact) mass is 393 g/mol. The van der Waals surface area contributed by atoms with Crippen molar-refractivity contribution in [1.82, 2.24) is 4.98 Å². The molecule has 0 unspecified atom stereocenters. The Bertz CT molecular complexity index is 1330. The maximum atomic E-state index is 13.8. The maximum absolute atomic E-state index is 13.8. The summed E-state index contributed by atoms with van der Waals surface area (Å²) in [6.45, 7) is 0. The summed E-state index contributed by atoms with van der Waals surface area (Å²) in [5, 5.41) is 0.933. The van der Waals surface area contributed by atoms with Gasteiger partial charge in [-0.15, -0.1) is 0 Å². The highest BCUT2D eigenvalue weighted by Gasteiger charge is 2.12. The number of nitrogens with zero attached hydrogens (tertiary/aromatic N) is 1. The molecule has 0 saturated carbocycles. The highest BCUT2D eigenvalue weighted by Crippen LogP contribution is 2.34. The molecular formula is C27H17F2N. The van der Waals surface area contributed by atoms with Gasteiger partial charge < -0.3 is 0 Å². The number of benzene rings is 4. The molecule has 0 spiro atoms. The summed E-state index contributed by atoms with van der Waals surface area (Å²) in [7, 11) is 0. The van der Waals surface area contributed by atoms with Crippen LogP contribution in [-0.2, 0) is 0 Å². The topological polar surface area (TPSA) is 12.9 Å². The quantitative estimate of drug-likeness (QED) is 0.309. The molecule has 5 rings (SSSR count). The number of halogens is 2. The molecule has 0 aliphatic carbocycles. The van der Waals surface area contributed by atoms with Crippen LogP contribution in [0.3, 0.4) is 0 Å². The van der Waals surface area contributed by atoms with Crippen molar-refractivity contribution in [2.24, 2.45) is 0 Å². The van der Waals surface area contributed by atoms with Crippen molar-refractivity contribution in [3.8, 4) is 33.5 Å². The molecule has 1 heterocycles. The Hall–Kier alpha value is -3.85. The van der Waals surface area contributed by atoms with E-state index >= 15 is 0 Å². The molecule has 0 bridgehead atoms. The zero-order chi connectivity index (χ0) is 20.5. The number of rotatable bonds is 3. The van der Waals surface area contributed by atoms with Gasteiger partial charge in [0.05, 0.1) is 11.2 Å². The molecule has 5 aromatic rings. The van der Waals surface area contributed by atoms with Crippen LogP contribution in [0.25, 0.3) is 44.4 Å². The second kappa shape index (κ2) is 7.53. The average Bonchev–Trinajstić information content (AvgIpc) is 2.78. The Morgan fingerprint density at radius 3 is 1.80 bits per heavy atom. The van der Waals surface area contributed by atoms with Gasteiger partial charge in [-0.1, -0.05) is 66.7 Å². The van der Waals surface area contributed by atoms with E-state index in [4.69, 9.17) is 4.98 Å². The molecular weight excluding hydrogens is 376 g/mol. The van der Waals surface area contributed by atoms with Gasteiger partial charge in [0.2, 0.25) is 0 Å². The largest absolute Gasteiger partial charge is 0.248 e. The lowest BCUT2D eigenvalue weighted by Gasteiger charge is -2.12. The summed E-state index contributed by atoms with van der Waals surface area (Å²) < 4.78 is 27.5. The maximum Gasteiger partial charge on any atom is 0.126 e. The van der Waals surface area contributed by atoms with Crippen LogP contribution in [0.5, 0.6) is 0 Å². The predicted octanol–water partition coefficient (Wildman–Crippen LogP) is 7.51. The molecule has 0 atom stereocenters. The van der Waals surface area contributed by atoms with Crippen molar-refractivity contribution in [1.29, 1.82) is 0 Å². The lowest BCUT2D eigenvalue weighted by Crippen LogP contribution is -1.91. The number of hydrogen-bond acceptors (Lipinski definition) is 1. The van der Waals surface area contributed by atoms with E-state index in [1.165, 1.54) is 12.1 Å². The van der Waals surface area contributed by atoms with Crippen LogP contribution in [0, 0.1) is 11.6 Å². The van der Waals surface area contributed by atoms with Crippen molar-refractivity contribution in [2.75, 3.05) is 0 Å². The van der Waals surface area contributed by atoms with E-state index < -0.39 is 11.6 Å². The summed E-state index contributed by atoms with van der Waals surface area (Å²) in [4.78, 5) is 4.85. The minimum Gasteiger partial charge on any atom is -0.248 e. The molecule has 0 aliphatic heterocycles. The van der Waals surface area contributed by atoms with E-state index in [0.717, 1.165) is 44.9 Å². The number of pyridine rings is 1. The third kappa shape index (κ3) is 3.46. The number of fused-ring (bicyclic) bond motifs is 1. The summed E-state index contributed by atoms with van der Waals surface area (Å²) in [5.41, 5.74) is 6.07. The molecule has 1 aromatic heterocycles. The first kappa shape index (κ1) is 18.2. The highest BCUT2D eigenvalue weighted by atomic mass is 19.1. The van der Waals surface area contributed by atoms with E-state index in [-0.39, 0.29) is 0 Å². The van der Waals surface area contributed by atoms with Crippen molar-refractivity contribution < 1.29 is 8.78 Å². The Labute approximate surface area is 173 Å². The van der Waals surface area contributed by atoms with Gasteiger partial charge in [0.1, 0.15) is 11.6 Å². The van der Waals surface area contributed by atoms with Crippen LogP contribution < -0.4 is 0 Å². The van der Waals surface area contributed by atoms with E-state index in [1.54, 1.807) is 0 Å². The van der Waals surface area contributed by atoms with Gasteiger partial charge in [-0.3, -0.25) is 0 Å². The van der Waals surface area contributed by atoms with Gasteiger partial charge in [0.15, 0.2) is 0 Å². The fourth-order valence-corrected chi connectivity index (χ4v) is 3.74. The van der Waals surface area contributed by atoms with Gasteiger partial charge in [0, 0.05) is 17.0 Å². The zero-order valence-electron chi connectivity index (χ0n) is 16.0. The van der Waals surface area contributed by atoms with Gasteiger partial charge in [-0.05, 0) is 52.6 Å². The van der Waals surface area contributed by atoms with Crippen LogP contribution in [0.1, 0.15) is 0 Å². The summed E-state index contributed by atoms with van der Waals surface area (Å²) >= 11 is 0. The van der Waals surface area contributed by atoms with E-state index in [1.807, 2.05) is 66.7 Å². The van der Waals surface area contributed by atoms with Crippen molar-refractivity contribution >= 4 is 10.9 Å². The molecule has 3 heteroatoms. The summed E-state index contributed by atoms with van der Waals surface area (Å²) in [5.74, 6) is -1.18. The molecule has 30 heavy (non-hydrogen) atoms. The minimum atomic E-state index is -0.592. The van der Waals surface area contributed by atoms with Crippen molar-refractivity contribution in [3.63, 3.8) is 0 Å². The Morgan fingerprint density at radius 1 is 0.500 bits per heavy atom. The number of hydrogen-bond donors (Lipinski definition) is 0.